The number of carbonyl (C=O) groups is 2. The van der Waals surface area contributed by atoms with Crippen molar-refractivity contribution in [3.63, 3.8) is 0 Å². The Morgan fingerprint density at radius 3 is 2.72 bits per heavy atom. The first-order valence-electron chi connectivity index (χ1n) is 10.1. The van der Waals surface area contributed by atoms with Gasteiger partial charge in [-0.05, 0) is 38.0 Å². The van der Waals surface area contributed by atoms with Crippen LogP contribution in [-0.2, 0) is 29.1 Å². The summed E-state index contributed by atoms with van der Waals surface area (Å²) in [4.78, 5) is 27.3. The maximum absolute atomic E-state index is 13.0. The van der Waals surface area contributed by atoms with Gasteiger partial charge in [-0.15, -0.1) is 0 Å². The molecule has 0 aliphatic carbocycles. The van der Waals surface area contributed by atoms with Gasteiger partial charge in [-0.3, -0.25) is 14.3 Å². The maximum atomic E-state index is 13.0. The first-order chi connectivity index (χ1) is 13.9. The molecule has 0 spiro atoms. The van der Waals surface area contributed by atoms with E-state index in [1.54, 1.807) is 17.0 Å². The molecule has 0 saturated carbocycles. The SMILES string of the molecule is CCn1cc(CN[C@H]2C[C@H]3C(=O)N[C@@H](Cc4ccc(Cl)cc4)C(=O)N3C2)c(C)n1. The van der Waals surface area contributed by atoms with Crippen molar-refractivity contribution in [2.45, 2.75) is 57.9 Å². The molecule has 8 heteroatoms. The molecule has 2 amide bonds. The zero-order valence-corrected chi connectivity index (χ0v) is 17.4. The molecule has 154 valence electrons. The van der Waals surface area contributed by atoms with Crippen LogP contribution in [0.5, 0.6) is 0 Å². The number of fused-ring (bicyclic) bond motifs is 1. The minimum atomic E-state index is -0.524. The minimum Gasteiger partial charge on any atom is -0.342 e. The second-order valence-corrected chi connectivity index (χ2v) is 8.24. The molecule has 2 aromatic rings. The predicted octanol–water partition coefficient (Wildman–Crippen LogP) is 1.67. The fourth-order valence-electron chi connectivity index (χ4n) is 4.15. The van der Waals surface area contributed by atoms with E-state index in [0.717, 1.165) is 23.4 Å². The highest BCUT2D eigenvalue weighted by Crippen LogP contribution is 2.24. The van der Waals surface area contributed by atoms with E-state index in [0.29, 0.717) is 31.0 Å². The molecule has 29 heavy (non-hydrogen) atoms. The summed E-state index contributed by atoms with van der Waals surface area (Å²) in [5.41, 5.74) is 3.13. The number of amides is 2. The minimum absolute atomic E-state index is 0.0103. The number of nitrogens with zero attached hydrogens (tertiary/aromatic N) is 3. The third kappa shape index (κ3) is 4.16. The third-order valence-corrected chi connectivity index (χ3v) is 6.06. The quantitative estimate of drug-likeness (QED) is 0.752. The normalized spacial score (nSPS) is 24.0. The highest BCUT2D eigenvalue weighted by molar-refractivity contribution is 6.30. The number of rotatable bonds is 6. The van der Waals surface area contributed by atoms with Gasteiger partial charge in [0, 0.05) is 48.9 Å². The number of carbonyl (C=O) groups excluding carboxylic acids is 2. The molecule has 4 rings (SSSR count). The van der Waals surface area contributed by atoms with E-state index in [9.17, 15) is 9.59 Å². The van der Waals surface area contributed by atoms with E-state index in [-0.39, 0.29) is 23.9 Å². The molecular formula is C21H26ClN5O2. The maximum Gasteiger partial charge on any atom is 0.246 e. The first kappa shape index (κ1) is 19.9. The number of aromatic nitrogens is 2. The summed E-state index contributed by atoms with van der Waals surface area (Å²) in [6, 6.07) is 6.56. The van der Waals surface area contributed by atoms with Crippen molar-refractivity contribution in [3.8, 4) is 0 Å². The summed E-state index contributed by atoms with van der Waals surface area (Å²) in [7, 11) is 0. The summed E-state index contributed by atoms with van der Waals surface area (Å²) < 4.78 is 1.92. The molecule has 3 heterocycles. The van der Waals surface area contributed by atoms with Gasteiger partial charge in [-0.25, -0.2) is 0 Å². The molecule has 2 aliphatic rings. The van der Waals surface area contributed by atoms with Crippen molar-refractivity contribution < 1.29 is 9.59 Å². The van der Waals surface area contributed by atoms with Crippen LogP contribution in [-0.4, -0.2) is 51.2 Å². The number of aryl methyl sites for hydroxylation is 2. The van der Waals surface area contributed by atoms with Gasteiger partial charge < -0.3 is 15.5 Å². The van der Waals surface area contributed by atoms with Crippen molar-refractivity contribution in [1.82, 2.24) is 25.3 Å². The van der Waals surface area contributed by atoms with Crippen LogP contribution in [0.1, 0.15) is 30.2 Å². The molecule has 0 radical (unpaired) electrons. The number of halogens is 1. The number of piperazine rings is 1. The molecule has 1 aromatic carbocycles. The van der Waals surface area contributed by atoms with E-state index in [1.807, 2.05) is 29.9 Å². The Bertz CT molecular complexity index is 910. The van der Waals surface area contributed by atoms with Crippen LogP contribution in [0.2, 0.25) is 5.02 Å². The van der Waals surface area contributed by atoms with Crippen LogP contribution in [0.25, 0.3) is 0 Å². The summed E-state index contributed by atoms with van der Waals surface area (Å²) in [5.74, 6) is -0.0771. The summed E-state index contributed by atoms with van der Waals surface area (Å²) in [6.07, 6.45) is 3.15. The Hall–Kier alpha value is -2.38. The van der Waals surface area contributed by atoms with Crippen LogP contribution in [0.15, 0.2) is 30.5 Å². The molecule has 2 N–H and O–H groups in total. The average Bonchev–Trinajstić information content (AvgIpc) is 3.30. The van der Waals surface area contributed by atoms with E-state index in [1.165, 1.54) is 0 Å². The van der Waals surface area contributed by atoms with Crippen molar-refractivity contribution in [2.75, 3.05) is 6.54 Å². The molecule has 1 aromatic heterocycles. The molecule has 2 aliphatic heterocycles. The summed E-state index contributed by atoms with van der Waals surface area (Å²) in [5, 5.41) is 11.5. The highest BCUT2D eigenvalue weighted by Gasteiger charge is 2.46. The fourth-order valence-corrected chi connectivity index (χ4v) is 4.28. The van der Waals surface area contributed by atoms with Gasteiger partial charge in [0.2, 0.25) is 11.8 Å². The molecular weight excluding hydrogens is 390 g/mol. The van der Waals surface area contributed by atoms with Gasteiger partial charge in [-0.2, -0.15) is 5.10 Å². The highest BCUT2D eigenvalue weighted by atomic mass is 35.5. The lowest BCUT2D eigenvalue weighted by Gasteiger charge is -2.34. The second kappa shape index (κ2) is 8.16. The summed E-state index contributed by atoms with van der Waals surface area (Å²) >= 11 is 5.93. The Kier molecular flexibility index (Phi) is 5.61. The molecule has 2 fully saturated rings. The van der Waals surface area contributed by atoms with E-state index in [4.69, 9.17) is 11.6 Å². The topological polar surface area (TPSA) is 79.3 Å². The van der Waals surface area contributed by atoms with Gasteiger partial charge in [0.05, 0.1) is 5.69 Å². The number of hydrogen-bond donors (Lipinski definition) is 2. The van der Waals surface area contributed by atoms with Gasteiger partial charge in [-0.1, -0.05) is 23.7 Å². The van der Waals surface area contributed by atoms with Crippen molar-refractivity contribution >= 4 is 23.4 Å². The molecule has 7 nitrogen and oxygen atoms in total. The first-order valence-corrected chi connectivity index (χ1v) is 10.4. The lowest BCUT2D eigenvalue weighted by molar-refractivity contribution is -0.147. The monoisotopic (exact) mass is 415 g/mol. The smallest absolute Gasteiger partial charge is 0.246 e. The number of nitrogens with one attached hydrogen (secondary N) is 2. The number of benzene rings is 1. The molecule has 2 saturated heterocycles. The zero-order chi connectivity index (χ0) is 20.5. The third-order valence-electron chi connectivity index (χ3n) is 5.81. The van der Waals surface area contributed by atoms with Crippen molar-refractivity contribution in [1.29, 1.82) is 0 Å². The Balaban J connectivity index is 1.38. The zero-order valence-electron chi connectivity index (χ0n) is 16.7. The summed E-state index contributed by atoms with van der Waals surface area (Å²) in [6.45, 7) is 6.13. The van der Waals surface area contributed by atoms with E-state index in [2.05, 4.69) is 22.7 Å². The van der Waals surface area contributed by atoms with Crippen molar-refractivity contribution in [3.05, 3.63) is 52.3 Å². The van der Waals surface area contributed by atoms with E-state index >= 15 is 0 Å². The van der Waals surface area contributed by atoms with Crippen molar-refractivity contribution in [2.24, 2.45) is 0 Å². The van der Waals surface area contributed by atoms with Crippen LogP contribution < -0.4 is 10.6 Å². The fraction of sp³-hybridized carbons (Fsp3) is 0.476. The van der Waals surface area contributed by atoms with Crippen LogP contribution in [0, 0.1) is 6.92 Å². The Morgan fingerprint density at radius 1 is 1.28 bits per heavy atom. The molecule has 0 bridgehead atoms. The lowest BCUT2D eigenvalue weighted by Crippen LogP contribution is -2.61. The Labute approximate surface area is 175 Å². The largest absolute Gasteiger partial charge is 0.342 e. The van der Waals surface area contributed by atoms with Gasteiger partial charge in [0.25, 0.3) is 0 Å². The number of hydrogen-bond acceptors (Lipinski definition) is 4. The second-order valence-electron chi connectivity index (χ2n) is 7.81. The molecule has 0 unspecified atom stereocenters. The molecule has 3 atom stereocenters. The van der Waals surface area contributed by atoms with Gasteiger partial charge in [0.1, 0.15) is 12.1 Å². The Morgan fingerprint density at radius 2 is 2.03 bits per heavy atom. The standard InChI is InChI=1S/C21H26ClN5O2/c1-3-26-11-15(13(2)25-26)10-23-17-9-19-20(28)24-18(21(29)27(19)12-17)8-14-4-6-16(22)7-5-14/h4-7,11,17-19,23H,3,8-10,12H2,1-2H3,(H,24,28)/t17-,18-,19-/m0/s1. The van der Waals surface area contributed by atoms with Gasteiger partial charge >= 0.3 is 0 Å². The van der Waals surface area contributed by atoms with Crippen LogP contribution in [0.3, 0.4) is 0 Å². The van der Waals surface area contributed by atoms with E-state index < -0.39 is 6.04 Å². The van der Waals surface area contributed by atoms with Crippen LogP contribution in [0.4, 0.5) is 0 Å². The average molecular weight is 416 g/mol. The lowest BCUT2D eigenvalue weighted by atomic mass is 10.0. The van der Waals surface area contributed by atoms with Crippen LogP contribution >= 0.6 is 11.6 Å². The predicted molar refractivity (Wildman–Crippen MR) is 110 cm³/mol. The van der Waals surface area contributed by atoms with Gasteiger partial charge in [0.15, 0.2) is 0 Å².